The van der Waals surface area contributed by atoms with E-state index in [0.717, 1.165) is 49.3 Å². The molecule has 1 saturated heterocycles. The minimum absolute atomic E-state index is 0.192. The Kier molecular flexibility index (Phi) is 17.4. The molecule has 0 bridgehead atoms. The molecule has 1 amide bonds. The van der Waals surface area contributed by atoms with E-state index in [2.05, 4.69) is 88.8 Å². The quantitative estimate of drug-likeness (QED) is 0.0844. The molecule has 1 fully saturated rings. The van der Waals surface area contributed by atoms with Gasteiger partial charge in [-0.1, -0.05) is 55.8 Å². The standard InChI is InChI=1S/C26H36N4O4.C7H12N2S.C7H8/c1-19(2)23-11-21(15-28-16-23)14-27-7-5-8-29-25(32)22-10-20(17-31)12-24(13-22)30-9-6-26(18-30,33-3)34-4;1-6-5-10-7(8-6)4-9(2)3;1-7-5-3-2-4-6-7/h10-13,15-17,19,27H,5-9,14,18H2,1-4H3,(H,29,32);5H,4H2,1-3H3;2-6H,1H3. The molecule has 0 aliphatic carbocycles. The Balaban J connectivity index is 0.000000334. The van der Waals surface area contributed by atoms with Gasteiger partial charge in [-0.2, -0.15) is 0 Å². The minimum atomic E-state index is -0.668. The van der Waals surface area contributed by atoms with Gasteiger partial charge in [0, 0.05) is 87.1 Å². The lowest BCUT2D eigenvalue weighted by atomic mass is 10.0. The third-order valence-electron chi connectivity index (χ3n) is 8.33. The van der Waals surface area contributed by atoms with E-state index in [0.29, 0.717) is 43.1 Å². The van der Waals surface area contributed by atoms with Crippen molar-refractivity contribution in [2.45, 2.75) is 65.3 Å². The second-order valence-corrected chi connectivity index (χ2v) is 14.2. The number of ether oxygens (including phenoxy) is 2. The first-order valence-electron chi connectivity index (χ1n) is 17.4. The number of pyridine rings is 1. The van der Waals surface area contributed by atoms with Crippen molar-refractivity contribution in [1.82, 2.24) is 25.5 Å². The van der Waals surface area contributed by atoms with Crippen molar-refractivity contribution < 1.29 is 19.1 Å². The van der Waals surface area contributed by atoms with E-state index in [1.54, 1.807) is 37.7 Å². The molecule has 0 saturated carbocycles. The molecule has 2 N–H and O–H groups in total. The SMILES string of the molecule is COC1(OC)CCN(c2cc(C=O)cc(C(=O)NCCCNCc3cncc(C(C)C)c3)c2)C1.Cc1ccccc1.Cc1csc(CN(C)C)n1. The monoisotopic (exact) mass is 716 g/mol. The Bertz CT molecular complexity index is 1620. The Morgan fingerprint density at radius 3 is 2.37 bits per heavy atom. The van der Waals surface area contributed by atoms with Gasteiger partial charge in [-0.05, 0) is 76.2 Å². The van der Waals surface area contributed by atoms with Crippen LogP contribution in [-0.2, 0) is 22.6 Å². The summed E-state index contributed by atoms with van der Waals surface area (Å²) in [7, 11) is 7.36. The van der Waals surface area contributed by atoms with E-state index in [9.17, 15) is 9.59 Å². The van der Waals surface area contributed by atoms with E-state index in [1.165, 1.54) is 16.1 Å². The number of aldehydes is 1. The van der Waals surface area contributed by atoms with Crippen molar-refractivity contribution in [3.8, 4) is 0 Å². The summed E-state index contributed by atoms with van der Waals surface area (Å²) >= 11 is 1.73. The summed E-state index contributed by atoms with van der Waals surface area (Å²) < 4.78 is 11.1. The summed E-state index contributed by atoms with van der Waals surface area (Å²) in [6.45, 7) is 12.7. The molecule has 2 aromatic heterocycles. The topological polar surface area (TPSA) is 109 Å². The van der Waals surface area contributed by atoms with Crippen LogP contribution in [0.3, 0.4) is 0 Å². The van der Waals surface area contributed by atoms with Gasteiger partial charge in [-0.25, -0.2) is 4.98 Å². The van der Waals surface area contributed by atoms with Crippen molar-refractivity contribution >= 4 is 29.2 Å². The molecule has 2 aromatic carbocycles. The minimum Gasteiger partial charge on any atom is -0.366 e. The summed E-state index contributed by atoms with van der Waals surface area (Å²) in [6, 6.07) is 17.7. The van der Waals surface area contributed by atoms with Crippen LogP contribution < -0.4 is 15.5 Å². The largest absolute Gasteiger partial charge is 0.366 e. The van der Waals surface area contributed by atoms with Crippen molar-refractivity contribution in [1.29, 1.82) is 0 Å². The Morgan fingerprint density at radius 1 is 1.06 bits per heavy atom. The van der Waals surface area contributed by atoms with Crippen LogP contribution in [0.15, 0.2) is 72.4 Å². The number of rotatable bonds is 14. The van der Waals surface area contributed by atoms with Gasteiger partial charge in [0.25, 0.3) is 5.91 Å². The van der Waals surface area contributed by atoms with Gasteiger partial charge in [0.15, 0.2) is 5.79 Å². The fourth-order valence-corrected chi connectivity index (χ4v) is 6.25. The third-order valence-corrected chi connectivity index (χ3v) is 9.28. The number of benzene rings is 2. The molecule has 11 heteroatoms. The molecule has 4 aromatic rings. The molecule has 0 unspecified atom stereocenters. The number of carbonyl (C=O) groups is 2. The number of thiazole rings is 1. The van der Waals surface area contributed by atoms with E-state index < -0.39 is 5.79 Å². The lowest BCUT2D eigenvalue weighted by Crippen LogP contribution is -2.37. The molecule has 10 nitrogen and oxygen atoms in total. The Hall–Kier alpha value is -4.00. The van der Waals surface area contributed by atoms with E-state index in [1.807, 2.05) is 43.6 Å². The van der Waals surface area contributed by atoms with Crippen LogP contribution in [-0.4, -0.2) is 87.3 Å². The molecular weight excluding hydrogens is 661 g/mol. The molecule has 3 heterocycles. The second kappa shape index (κ2) is 21.4. The van der Waals surface area contributed by atoms with Crippen LogP contribution >= 0.6 is 11.3 Å². The van der Waals surface area contributed by atoms with E-state index in [-0.39, 0.29) is 5.91 Å². The first-order valence-corrected chi connectivity index (χ1v) is 18.3. The smallest absolute Gasteiger partial charge is 0.251 e. The number of hydrogen-bond acceptors (Lipinski definition) is 10. The summed E-state index contributed by atoms with van der Waals surface area (Å²) in [6.07, 6.45) is 6.05. The Labute approximate surface area is 308 Å². The molecular formula is C40H56N6O4S. The maximum Gasteiger partial charge on any atom is 0.251 e. The predicted molar refractivity (Wildman–Crippen MR) is 208 cm³/mol. The number of nitrogens with one attached hydrogen (secondary N) is 2. The van der Waals surface area contributed by atoms with Gasteiger partial charge < -0.3 is 29.9 Å². The average molecular weight is 717 g/mol. The van der Waals surface area contributed by atoms with Gasteiger partial charge in [-0.15, -0.1) is 11.3 Å². The molecule has 5 rings (SSSR count). The van der Waals surface area contributed by atoms with Crippen LogP contribution in [0.1, 0.15) is 80.7 Å². The van der Waals surface area contributed by atoms with Crippen molar-refractivity contribution in [3.05, 3.63) is 111 Å². The fourth-order valence-electron chi connectivity index (χ4n) is 5.36. The lowest BCUT2D eigenvalue weighted by Gasteiger charge is -2.27. The molecule has 0 spiro atoms. The highest BCUT2D eigenvalue weighted by Crippen LogP contribution is 2.31. The van der Waals surface area contributed by atoms with Crippen molar-refractivity contribution in [2.24, 2.45) is 0 Å². The normalized spacial score (nSPS) is 13.3. The van der Waals surface area contributed by atoms with Crippen LogP contribution in [0, 0.1) is 13.8 Å². The zero-order valence-electron chi connectivity index (χ0n) is 31.6. The van der Waals surface area contributed by atoms with Crippen LogP contribution in [0.5, 0.6) is 0 Å². The predicted octanol–water partition coefficient (Wildman–Crippen LogP) is 6.63. The zero-order chi connectivity index (χ0) is 37.2. The molecule has 276 valence electrons. The molecule has 0 atom stereocenters. The highest BCUT2D eigenvalue weighted by Gasteiger charge is 2.38. The highest BCUT2D eigenvalue weighted by molar-refractivity contribution is 7.09. The maximum atomic E-state index is 12.8. The van der Waals surface area contributed by atoms with Crippen LogP contribution in [0.2, 0.25) is 0 Å². The molecule has 1 aliphatic heterocycles. The fraction of sp³-hybridized carbons (Fsp3) is 0.450. The Morgan fingerprint density at radius 2 is 1.80 bits per heavy atom. The van der Waals surface area contributed by atoms with E-state index >= 15 is 0 Å². The third kappa shape index (κ3) is 14.3. The van der Waals surface area contributed by atoms with Gasteiger partial charge in [0.1, 0.15) is 11.3 Å². The number of aryl methyl sites for hydroxylation is 2. The number of nitrogens with zero attached hydrogens (tertiary/aromatic N) is 4. The van der Waals surface area contributed by atoms with Crippen LogP contribution in [0.25, 0.3) is 0 Å². The van der Waals surface area contributed by atoms with Gasteiger partial charge >= 0.3 is 0 Å². The molecule has 1 aliphatic rings. The number of hydrogen-bond donors (Lipinski definition) is 2. The van der Waals surface area contributed by atoms with Gasteiger partial charge in [0.2, 0.25) is 0 Å². The highest BCUT2D eigenvalue weighted by atomic mass is 32.1. The zero-order valence-corrected chi connectivity index (χ0v) is 32.4. The lowest BCUT2D eigenvalue weighted by molar-refractivity contribution is -0.189. The summed E-state index contributed by atoms with van der Waals surface area (Å²) in [5.74, 6) is -0.407. The first-order chi connectivity index (χ1) is 24.5. The van der Waals surface area contributed by atoms with Gasteiger partial charge in [-0.3, -0.25) is 14.6 Å². The summed E-state index contributed by atoms with van der Waals surface area (Å²) in [5.41, 5.74) is 6.58. The molecule has 0 radical (unpaired) electrons. The number of aromatic nitrogens is 2. The number of methoxy groups -OCH3 is 2. The van der Waals surface area contributed by atoms with Crippen molar-refractivity contribution in [3.63, 3.8) is 0 Å². The maximum absolute atomic E-state index is 12.8. The number of amides is 1. The van der Waals surface area contributed by atoms with Crippen molar-refractivity contribution in [2.75, 3.05) is 59.4 Å². The van der Waals surface area contributed by atoms with Gasteiger partial charge in [0.05, 0.1) is 6.54 Å². The first kappa shape index (κ1) is 41.4. The van der Waals surface area contributed by atoms with Crippen LogP contribution in [0.4, 0.5) is 5.69 Å². The number of anilines is 1. The summed E-state index contributed by atoms with van der Waals surface area (Å²) in [5, 5.41) is 9.63. The average Bonchev–Trinajstić information content (AvgIpc) is 3.76. The van der Waals surface area contributed by atoms with E-state index in [4.69, 9.17) is 9.47 Å². The second-order valence-electron chi connectivity index (χ2n) is 13.3. The molecule has 51 heavy (non-hydrogen) atoms. The summed E-state index contributed by atoms with van der Waals surface area (Å²) in [4.78, 5) is 37.1. The number of carbonyl (C=O) groups excluding carboxylic acids is 2.